The Labute approximate surface area is 140 Å². The molecular weight excluding hydrogens is 310 g/mol. The van der Waals surface area contributed by atoms with Gasteiger partial charge in [0.15, 0.2) is 5.82 Å². The van der Waals surface area contributed by atoms with Crippen molar-refractivity contribution in [2.75, 3.05) is 0 Å². The van der Waals surface area contributed by atoms with Crippen LogP contribution in [-0.2, 0) is 13.0 Å². The molecule has 0 aliphatic heterocycles. The zero-order valence-corrected chi connectivity index (χ0v) is 13.6. The molecule has 4 nitrogen and oxygen atoms in total. The molecule has 0 spiro atoms. The van der Waals surface area contributed by atoms with Crippen LogP contribution in [0.2, 0.25) is 5.02 Å². The number of hydrogen-bond acceptors (Lipinski definition) is 4. The molecule has 0 amide bonds. The largest absolute Gasteiger partial charge is 0.340 e. The van der Waals surface area contributed by atoms with E-state index in [9.17, 15) is 0 Å². The maximum absolute atomic E-state index is 6.31. The summed E-state index contributed by atoms with van der Waals surface area (Å²) in [6.07, 6.45) is 0.792. The standard InChI is InChI=1S/C18H18ClN3O/c1-13-21-18(22-23-13)12-20-17(14-7-3-2-4-8-14)11-15-9-5-6-10-16(15)19/h2-10,17,20H,11-12H2,1H3. The molecule has 1 aromatic heterocycles. The fourth-order valence-electron chi connectivity index (χ4n) is 2.50. The van der Waals surface area contributed by atoms with E-state index in [-0.39, 0.29) is 6.04 Å². The van der Waals surface area contributed by atoms with Gasteiger partial charge in [0.2, 0.25) is 5.89 Å². The highest BCUT2D eigenvalue weighted by Crippen LogP contribution is 2.23. The van der Waals surface area contributed by atoms with Crippen LogP contribution in [0.4, 0.5) is 0 Å². The first kappa shape index (κ1) is 15.7. The number of halogens is 1. The number of aromatic nitrogens is 2. The zero-order chi connectivity index (χ0) is 16.1. The first-order valence-corrected chi connectivity index (χ1v) is 7.91. The predicted octanol–water partition coefficient (Wildman–Crippen LogP) is 4.11. The molecule has 0 saturated heterocycles. The van der Waals surface area contributed by atoms with Crippen molar-refractivity contribution in [3.63, 3.8) is 0 Å². The van der Waals surface area contributed by atoms with Gasteiger partial charge in [0, 0.05) is 18.0 Å². The van der Waals surface area contributed by atoms with E-state index in [1.807, 2.05) is 36.4 Å². The number of hydrogen-bond donors (Lipinski definition) is 1. The molecule has 1 atom stereocenters. The Bertz CT molecular complexity index is 758. The molecule has 1 unspecified atom stereocenters. The van der Waals surface area contributed by atoms with Gasteiger partial charge in [-0.25, -0.2) is 0 Å². The first-order valence-electron chi connectivity index (χ1n) is 7.53. The normalized spacial score (nSPS) is 12.3. The topological polar surface area (TPSA) is 51.0 Å². The third-order valence-corrected chi connectivity index (χ3v) is 4.03. The second-order valence-electron chi connectivity index (χ2n) is 5.37. The van der Waals surface area contributed by atoms with Crippen molar-refractivity contribution in [3.05, 3.63) is 82.5 Å². The average Bonchev–Trinajstić information content (AvgIpc) is 2.99. The van der Waals surface area contributed by atoms with Gasteiger partial charge in [-0.3, -0.25) is 0 Å². The van der Waals surface area contributed by atoms with Crippen molar-refractivity contribution in [1.29, 1.82) is 0 Å². The van der Waals surface area contributed by atoms with Crippen LogP contribution < -0.4 is 5.32 Å². The van der Waals surface area contributed by atoms with Gasteiger partial charge in [0.25, 0.3) is 0 Å². The second kappa shape index (κ2) is 7.40. The maximum Gasteiger partial charge on any atom is 0.223 e. The van der Waals surface area contributed by atoms with Gasteiger partial charge in [-0.1, -0.05) is 65.3 Å². The molecule has 0 saturated carbocycles. The van der Waals surface area contributed by atoms with Crippen LogP contribution in [0, 0.1) is 6.92 Å². The van der Waals surface area contributed by atoms with E-state index >= 15 is 0 Å². The molecule has 0 bridgehead atoms. The minimum Gasteiger partial charge on any atom is -0.340 e. The number of nitrogens with one attached hydrogen (secondary N) is 1. The Balaban J connectivity index is 1.78. The summed E-state index contributed by atoms with van der Waals surface area (Å²) in [5.41, 5.74) is 2.31. The third-order valence-electron chi connectivity index (χ3n) is 3.66. The second-order valence-corrected chi connectivity index (χ2v) is 5.78. The van der Waals surface area contributed by atoms with Crippen molar-refractivity contribution >= 4 is 11.6 Å². The summed E-state index contributed by atoms with van der Waals surface area (Å²) < 4.78 is 5.02. The fourth-order valence-corrected chi connectivity index (χ4v) is 2.72. The summed E-state index contributed by atoms with van der Waals surface area (Å²) in [7, 11) is 0. The van der Waals surface area contributed by atoms with Gasteiger partial charge in [-0.15, -0.1) is 0 Å². The molecule has 0 radical (unpaired) electrons. The highest BCUT2D eigenvalue weighted by molar-refractivity contribution is 6.31. The van der Waals surface area contributed by atoms with Crippen LogP contribution in [0.5, 0.6) is 0 Å². The van der Waals surface area contributed by atoms with E-state index in [0.29, 0.717) is 18.3 Å². The van der Waals surface area contributed by atoms with E-state index in [0.717, 1.165) is 17.0 Å². The minimum atomic E-state index is 0.120. The predicted molar refractivity (Wildman–Crippen MR) is 90.2 cm³/mol. The highest BCUT2D eigenvalue weighted by Gasteiger charge is 2.14. The summed E-state index contributed by atoms with van der Waals surface area (Å²) in [5.74, 6) is 1.23. The monoisotopic (exact) mass is 327 g/mol. The van der Waals surface area contributed by atoms with E-state index in [1.54, 1.807) is 6.92 Å². The van der Waals surface area contributed by atoms with Crippen molar-refractivity contribution in [3.8, 4) is 0 Å². The van der Waals surface area contributed by atoms with Crippen LogP contribution in [-0.4, -0.2) is 10.1 Å². The van der Waals surface area contributed by atoms with Gasteiger partial charge in [-0.05, 0) is 23.6 Å². The van der Waals surface area contributed by atoms with Crippen molar-refractivity contribution in [1.82, 2.24) is 15.5 Å². The highest BCUT2D eigenvalue weighted by atomic mass is 35.5. The maximum atomic E-state index is 6.31. The molecule has 23 heavy (non-hydrogen) atoms. The van der Waals surface area contributed by atoms with E-state index < -0.39 is 0 Å². The molecule has 118 valence electrons. The number of rotatable bonds is 6. The smallest absolute Gasteiger partial charge is 0.223 e. The molecule has 2 aromatic carbocycles. The van der Waals surface area contributed by atoms with Gasteiger partial charge in [0.05, 0.1) is 6.54 Å². The Morgan fingerprint density at radius 3 is 2.52 bits per heavy atom. The lowest BCUT2D eigenvalue weighted by Gasteiger charge is -2.19. The molecule has 1 N–H and O–H groups in total. The van der Waals surface area contributed by atoms with Gasteiger partial charge in [-0.2, -0.15) is 4.98 Å². The summed E-state index contributed by atoms with van der Waals surface area (Å²) in [6.45, 7) is 2.33. The Morgan fingerprint density at radius 2 is 1.83 bits per heavy atom. The summed E-state index contributed by atoms with van der Waals surface area (Å²) in [5, 5.41) is 8.21. The van der Waals surface area contributed by atoms with Gasteiger partial charge in [0.1, 0.15) is 0 Å². The Hall–Kier alpha value is -2.17. The SMILES string of the molecule is Cc1nc(CNC(Cc2ccccc2Cl)c2ccccc2)no1. The fraction of sp³-hybridized carbons (Fsp3) is 0.222. The lowest BCUT2D eigenvalue weighted by Crippen LogP contribution is -2.23. The Kier molecular flexibility index (Phi) is 5.05. The van der Waals surface area contributed by atoms with Crippen molar-refractivity contribution in [2.24, 2.45) is 0 Å². The third kappa shape index (κ3) is 4.18. The summed E-state index contributed by atoms with van der Waals surface area (Å²) >= 11 is 6.31. The number of aryl methyl sites for hydroxylation is 1. The number of benzene rings is 2. The molecule has 1 heterocycles. The molecule has 3 aromatic rings. The summed E-state index contributed by atoms with van der Waals surface area (Å²) in [4.78, 5) is 4.23. The van der Waals surface area contributed by atoms with Crippen molar-refractivity contribution in [2.45, 2.75) is 25.9 Å². The van der Waals surface area contributed by atoms with E-state index in [2.05, 4.69) is 33.7 Å². The Morgan fingerprint density at radius 1 is 1.09 bits per heavy atom. The van der Waals surface area contributed by atoms with Crippen LogP contribution in [0.1, 0.15) is 28.9 Å². The quantitative estimate of drug-likeness (QED) is 0.740. The average molecular weight is 328 g/mol. The molecule has 0 aliphatic carbocycles. The van der Waals surface area contributed by atoms with Gasteiger partial charge < -0.3 is 9.84 Å². The first-order chi connectivity index (χ1) is 11.2. The lowest BCUT2D eigenvalue weighted by molar-refractivity contribution is 0.383. The summed E-state index contributed by atoms with van der Waals surface area (Å²) in [6, 6.07) is 18.3. The molecular formula is C18H18ClN3O. The molecule has 3 rings (SSSR count). The van der Waals surface area contributed by atoms with Gasteiger partial charge >= 0.3 is 0 Å². The lowest BCUT2D eigenvalue weighted by atomic mass is 9.99. The number of nitrogens with zero attached hydrogens (tertiary/aromatic N) is 2. The zero-order valence-electron chi connectivity index (χ0n) is 12.9. The molecule has 5 heteroatoms. The molecule has 0 aliphatic rings. The minimum absolute atomic E-state index is 0.120. The van der Waals surface area contributed by atoms with Crippen LogP contribution in [0.3, 0.4) is 0 Å². The van der Waals surface area contributed by atoms with E-state index in [4.69, 9.17) is 16.1 Å². The van der Waals surface area contributed by atoms with E-state index in [1.165, 1.54) is 5.56 Å². The van der Waals surface area contributed by atoms with Crippen molar-refractivity contribution < 1.29 is 4.52 Å². The van der Waals surface area contributed by atoms with Crippen LogP contribution >= 0.6 is 11.6 Å². The molecule has 0 fully saturated rings. The van der Waals surface area contributed by atoms with Crippen LogP contribution in [0.15, 0.2) is 59.1 Å². The van der Waals surface area contributed by atoms with Crippen LogP contribution in [0.25, 0.3) is 0 Å².